The molecule has 0 aliphatic heterocycles. The van der Waals surface area contributed by atoms with E-state index in [0.29, 0.717) is 5.88 Å². The molecule has 0 aliphatic carbocycles. The van der Waals surface area contributed by atoms with Crippen LogP contribution in [0.5, 0.6) is 0 Å². The van der Waals surface area contributed by atoms with E-state index in [1.165, 1.54) is 0 Å². The van der Waals surface area contributed by atoms with Crippen molar-refractivity contribution in [3.05, 3.63) is 6.20 Å². The summed E-state index contributed by atoms with van der Waals surface area (Å²) in [6, 6.07) is 0.277. The standard InChI is InChI=1S/C9H17N3O/c1-7(2)12-6-8(13-11-12)10-9(3,4)5/h7,10H,1-5H3. The summed E-state index contributed by atoms with van der Waals surface area (Å²) in [5.74, 6) is 0.584. The fourth-order valence-corrected chi connectivity index (χ4v) is 0.844. The van der Waals surface area contributed by atoms with Crippen LogP contribution >= 0.6 is 0 Å². The van der Waals surface area contributed by atoms with Gasteiger partial charge in [-0.2, -0.15) is 0 Å². The van der Waals surface area contributed by atoms with E-state index in [1.807, 2.05) is 13.8 Å². The van der Waals surface area contributed by atoms with Crippen molar-refractivity contribution < 1.29 is 9.20 Å². The molecular formula is C9H17N3O. The summed E-state index contributed by atoms with van der Waals surface area (Å²) < 4.78 is 6.71. The lowest BCUT2D eigenvalue weighted by Gasteiger charge is -2.20. The van der Waals surface area contributed by atoms with Gasteiger partial charge in [0, 0.05) is 5.54 Å². The fourth-order valence-electron chi connectivity index (χ4n) is 0.844. The minimum atomic E-state index is -0.0230. The van der Waals surface area contributed by atoms with Crippen molar-refractivity contribution in [2.75, 3.05) is 5.32 Å². The summed E-state index contributed by atoms with van der Waals surface area (Å²) in [5.41, 5.74) is -0.0230. The van der Waals surface area contributed by atoms with Gasteiger partial charge in [0.05, 0.1) is 0 Å². The van der Waals surface area contributed by atoms with Gasteiger partial charge in [0.2, 0.25) is 0 Å². The molecule has 0 saturated carbocycles. The highest BCUT2D eigenvalue weighted by Crippen LogP contribution is 2.10. The SMILES string of the molecule is CC(C)[n+]1[c-]c(NC(C)(C)C)on1. The van der Waals surface area contributed by atoms with Gasteiger partial charge in [0.1, 0.15) is 11.9 Å². The third-order valence-electron chi connectivity index (χ3n) is 1.41. The smallest absolute Gasteiger partial charge is 0.160 e. The van der Waals surface area contributed by atoms with E-state index in [1.54, 1.807) is 4.68 Å². The molecule has 0 unspecified atom stereocenters. The summed E-state index contributed by atoms with van der Waals surface area (Å²) in [6.45, 7) is 10.2. The second-order valence-corrected chi connectivity index (χ2v) is 4.43. The summed E-state index contributed by atoms with van der Waals surface area (Å²) in [6.07, 6.45) is 3.00. The predicted molar refractivity (Wildman–Crippen MR) is 49.3 cm³/mol. The normalized spacial score (nSPS) is 12.2. The molecule has 4 nitrogen and oxygen atoms in total. The molecule has 1 aromatic heterocycles. The van der Waals surface area contributed by atoms with Crippen molar-refractivity contribution in [2.45, 2.75) is 46.2 Å². The van der Waals surface area contributed by atoms with E-state index in [2.05, 4.69) is 37.6 Å². The Morgan fingerprint density at radius 2 is 2.08 bits per heavy atom. The van der Waals surface area contributed by atoms with Crippen LogP contribution < -0.4 is 10.00 Å². The average Bonchev–Trinajstić information content (AvgIpc) is 2.31. The van der Waals surface area contributed by atoms with Crippen LogP contribution in [0.25, 0.3) is 0 Å². The van der Waals surface area contributed by atoms with Crippen LogP contribution in [0.4, 0.5) is 5.88 Å². The number of hydrogen-bond donors (Lipinski definition) is 1. The topological polar surface area (TPSA) is 41.9 Å². The maximum absolute atomic E-state index is 5.05. The molecule has 0 saturated heterocycles. The minimum absolute atomic E-state index is 0.0230. The average molecular weight is 183 g/mol. The lowest BCUT2D eigenvalue weighted by atomic mass is 10.1. The van der Waals surface area contributed by atoms with E-state index in [-0.39, 0.29) is 11.6 Å². The second-order valence-electron chi connectivity index (χ2n) is 4.43. The number of anilines is 1. The lowest BCUT2D eigenvalue weighted by molar-refractivity contribution is -0.782. The molecule has 0 radical (unpaired) electrons. The molecule has 1 heterocycles. The Morgan fingerprint density at radius 1 is 1.46 bits per heavy atom. The Bertz CT molecular complexity index is 273. The second kappa shape index (κ2) is 3.36. The van der Waals surface area contributed by atoms with Crippen molar-refractivity contribution in [3.8, 4) is 0 Å². The quantitative estimate of drug-likeness (QED) is 0.558. The van der Waals surface area contributed by atoms with Crippen molar-refractivity contribution in [1.29, 1.82) is 0 Å². The largest absolute Gasteiger partial charge is 0.375 e. The van der Waals surface area contributed by atoms with E-state index >= 15 is 0 Å². The molecule has 0 aromatic carbocycles. The number of hydrogen-bond acceptors (Lipinski definition) is 3. The third kappa shape index (κ3) is 3.05. The van der Waals surface area contributed by atoms with E-state index in [4.69, 9.17) is 4.52 Å². The molecule has 1 N–H and O–H groups in total. The molecule has 13 heavy (non-hydrogen) atoms. The van der Waals surface area contributed by atoms with Gasteiger partial charge in [0.25, 0.3) is 0 Å². The van der Waals surface area contributed by atoms with Gasteiger partial charge in [-0.1, -0.05) is 6.20 Å². The Balaban J connectivity index is 2.70. The van der Waals surface area contributed by atoms with Gasteiger partial charge in [-0.3, -0.25) is 0 Å². The van der Waals surface area contributed by atoms with Crippen molar-refractivity contribution in [3.63, 3.8) is 0 Å². The summed E-state index contributed by atoms with van der Waals surface area (Å²) in [7, 11) is 0. The van der Waals surface area contributed by atoms with Crippen LogP contribution in [-0.2, 0) is 0 Å². The van der Waals surface area contributed by atoms with E-state index < -0.39 is 0 Å². The zero-order valence-electron chi connectivity index (χ0n) is 8.88. The van der Waals surface area contributed by atoms with Crippen LogP contribution in [0.15, 0.2) is 4.52 Å². The first-order valence-corrected chi connectivity index (χ1v) is 4.47. The van der Waals surface area contributed by atoms with Gasteiger partial charge in [-0.05, 0) is 34.6 Å². The molecule has 1 aromatic rings. The van der Waals surface area contributed by atoms with Crippen LogP contribution in [0, 0.1) is 6.20 Å². The Labute approximate surface area is 78.9 Å². The zero-order chi connectivity index (χ0) is 10.1. The minimum Gasteiger partial charge on any atom is -0.375 e. The highest BCUT2D eigenvalue weighted by atomic mass is 16.5. The van der Waals surface area contributed by atoms with E-state index in [0.717, 1.165) is 0 Å². The van der Waals surface area contributed by atoms with Crippen molar-refractivity contribution >= 4 is 5.88 Å². The van der Waals surface area contributed by atoms with Gasteiger partial charge < -0.3 is 9.84 Å². The molecule has 0 amide bonds. The maximum atomic E-state index is 5.05. The summed E-state index contributed by atoms with van der Waals surface area (Å²) in [5, 5.41) is 6.97. The predicted octanol–water partition coefficient (Wildman–Crippen LogP) is 1.55. The first kappa shape index (κ1) is 10.0. The number of nitrogens with zero attached hydrogens (tertiary/aromatic N) is 2. The van der Waals surface area contributed by atoms with Gasteiger partial charge in [0.15, 0.2) is 5.27 Å². The number of rotatable bonds is 2. The number of nitrogens with one attached hydrogen (secondary N) is 1. The lowest BCUT2D eigenvalue weighted by Crippen LogP contribution is -2.37. The third-order valence-corrected chi connectivity index (χ3v) is 1.41. The zero-order valence-corrected chi connectivity index (χ0v) is 8.88. The molecular weight excluding hydrogens is 166 g/mol. The highest BCUT2D eigenvalue weighted by molar-refractivity contribution is 5.25. The van der Waals surface area contributed by atoms with Gasteiger partial charge in [-0.25, -0.2) is 4.68 Å². The van der Waals surface area contributed by atoms with Gasteiger partial charge in [-0.15, -0.1) is 0 Å². The molecule has 0 atom stereocenters. The molecule has 0 fully saturated rings. The van der Waals surface area contributed by atoms with Crippen molar-refractivity contribution in [1.82, 2.24) is 5.27 Å². The molecule has 4 heteroatoms. The van der Waals surface area contributed by atoms with E-state index in [9.17, 15) is 0 Å². The fraction of sp³-hybridized carbons (Fsp3) is 0.778. The van der Waals surface area contributed by atoms with Crippen LogP contribution in [0.1, 0.15) is 40.7 Å². The van der Waals surface area contributed by atoms with Crippen LogP contribution in [0.3, 0.4) is 0 Å². The first-order chi connectivity index (χ1) is 5.88. The van der Waals surface area contributed by atoms with Crippen LogP contribution in [0.2, 0.25) is 0 Å². The first-order valence-electron chi connectivity index (χ1n) is 4.47. The highest BCUT2D eigenvalue weighted by Gasteiger charge is 2.10. The maximum Gasteiger partial charge on any atom is 0.160 e. The molecule has 1 rings (SSSR count). The Hall–Kier alpha value is -1.06. The molecule has 0 spiro atoms. The Kier molecular flexibility index (Phi) is 2.59. The van der Waals surface area contributed by atoms with Crippen LogP contribution in [-0.4, -0.2) is 10.8 Å². The Morgan fingerprint density at radius 3 is 2.46 bits per heavy atom. The van der Waals surface area contributed by atoms with Gasteiger partial charge >= 0.3 is 0 Å². The summed E-state index contributed by atoms with van der Waals surface area (Å²) >= 11 is 0. The number of aromatic nitrogens is 2. The summed E-state index contributed by atoms with van der Waals surface area (Å²) in [4.78, 5) is 0. The monoisotopic (exact) mass is 183 g/mol. The molecule has 74 valence electrons. The molecule has 0 bridgehead atoms. The van der Waals surface area contributed by atoms with Crippen molar-refractivity contribution in [2.24, 2.45) is 0 Å². The molecule has 0 aliphatic rings.